The van der Waals surface area contributed by atoms with Gasteiger partial charge in [0.05, 0.1) is 13.2 Å². The maximum absolute atomic E-state index is 12.2. The summed E-state index contributed by atoms with van der Waals surface area (Å²) in [4.78, 5) is 14.3. The first-order chi connectivity index (χ1) is 10.1. The molecule has 0 bridgehead atoms. The normalized spacial score (nSPS) is 15.6. The van der Waals surface area contributed by atoms with Gasteiger partial charge in [0.15, 0.2) is 0 Å². The van der Waals surface area contributed by atoms with Crippen molar-refractivity contribution in [1.29, 1.82) is 0 Å². The van der Waals surface area contributed by atoms with E-state index in [0.29, 0.717) is 29.8 Å². The molecular weight excluding hydrogens is 288 g/mol. The molecule has 0 unspecified atom stereocenters. The molecule has 1 saturated carbocycles. The number of halogens is 1. The Bertz CT molecular complexity index is 487. The number of benzene rings is 1. The molecule has 5 heteroatoms. The number of amides is 1. The van der Waals surface area contributed by atoms with Crippen LogP contribution in [0, 0.1) is 6.92 Å². The van der Waals surface area contributed by atoms with Crippen molar-refractivity contribution in [1.82, 2.24) is 4.90 Å². The molecule has 0 heterocycles. The lowest BCUT2D eigenvalue weighted by molar-refractivity contribution is -0.118. The molecule has 0 aromatic heterocycles. The summed E-state index contributed by atoms with van der Waals surface area (Å²) < 4.78 is 0. The van der Waals surface area contributed by atoms with Gasteiger partial charge in [-0.15, -0.1) is 0 Å². The molecule has 0 saturated heterocycles. The van der Waals surface area contributed by atoms with Crippen LogP contribution in [0.3, 0.4) is 0 Å². The fraction of sp³-hybridized carbons (Fsp3) is 0.562. The summed E-state index contributed by atoms with van der Waals surface area (Å²) in [6.45, 7) is 2.88. The second-order valence-electron chi connectivity index (χ2n) is 5.64. The summed E-state index contributed by atoms with van der Waals surface area (Å²) in [6, 6.07) is 5.93. The number of nitrogens with one attached hydrogen (secondary N) is 1. The quantitative estimate of drug-likeness (QED) is 0.849. The zero-order chi connectivity index (χ0) is 15.2. The highest BCUT2D eigenvalue weighted by atomic mass is 35.5. The molecule has 1 aliphatic rings. The van der Waals surface area contributed by atoms with Crippen molar-refractivity contribution in [2.24, 2.45) is 0 Å². The monoisotopic (exact) mass is 310 g/mol. The molecular formula is C16H23ClN2O2. The molecule has 21 heavy (non-hydrogen) atoms. The molecule has 0 atom stereocenters. The molecule has 4 nitrogen and oxygen atoms in total. The fourth-order valence-electron chi connectivity index (χ4n) is 2.84. The topological polar surface area (TPSA) is 52.6 Å². The zero-order valence-corrected chi connectivity index (χ0v) is 13.2. The Balaban J connectivity index is 1.93. The molecule has 1 aliphatic carbocycles. The van der Waals surface area contributed by atoms with Crippen LogP contribution in [0.4, 0.5) is 5.69 Å². The van der Waals surface area contributed by atoms with E-state index < -0.39 is 0 Å². The van der Waals surface area contributed by atoms with Crippen LogP contribution in [0.2, 0.25) is 5.02 Å². The third-order valence-corrected chi connectivity index (χ3v) is 4.44. The number of carbonyl (C=O) groups excluding carboxylic acids is 1. The van der Waals surface area contributed by atoms with Gasteiger partial charge in [0.1, 0.15) is 0 Å². The van der Waals surface area contributed by atoms with Gasteiger partial charge in [-0.05, 0) is 37.5 Å². The summed E-state index contributed by atoms with van der Waals surface area (Å²) in [5, 5.41) is 12.7. The Labute approximate surface area is 131 Å². The summed E-state index contributed by atoms with van der Waals surface area (Å²) in [6.07, 6.45) is 4.65. The molecule has 2 N–H and O–H groups in total. The van der Waals surface area contributed by atoms with E-state index in [9.17, 15) is 9.90 Å². The number of aryl methyl sites for hydroxylation is 1. The van der Waals surface area contributed by atoms with Crippen LogP contribution in [0.15, 0.2) is 18.2 Å². The highest BCUT2D eigenvalue weighted by Crippen LogP contribution is 2.23. The standard InChI is InChI=1S/C16H23ClN2O2/c1-12-6-7-13(10-15(12)17)18-16(21)11-19(8-9-20)14-4-2-3-5-14/h6-7,10,14,20H,2-5,8-9,11H2,1H3,(H,18,21). The molecule has 0 spiro atoms. The summed E-state index contributed by atoms with van der Waals surface area (Å²) in [5.74, 6) is -0.0599. The summed E-state index contributed by atoms with van der Waals surface area (Å²) in [7, 11) is 0. The summed E-state index contributed by atoms with van der Waals surface area (Å²) >= 11 is 6.06. The second-order valence-corrected chi connectivity index (χ2v) is 6.05. The van der Waals surface area contributed by atoms with Gasteiger partial charge in [-0.25, -0.2) is 0 Å². The number of aliphatic hydroxyl groups excluding tert-OH is 1. The highest BCUT2D eigenvalue weighted by molar-refractivity contribution is 6.31. The van der Waals surface area contributed by atoms with Gasteiger partial charge in [0.2, 0.25) is 5.91 Å². The first-order valence-electron chi connectivity index (χ1n) is 7.51. The van der Waals surface area contributed by atoms with E-state index in [1.165, 1.54) is 12.8 Å². The van der Waals surface area contributed by atoms with Crippen LogP contribution in [-0.2, 0) is 4.79 Å². The molecule has 1 aromatic rings. The van der Waals surface area contributed by atoms with Crippen LogP contribution in [-0.4, -0.2) is 41.7 Å². The van der Waals surface area contributed by atoms with E-state index in [0.717, 1.165) is 18.4 Å². The SMILES string of the molecule is Cc1ccc(NC(=O)CN(CCO)C2CCCC2)cc1Cl. The lowest BCUT2D eigenvalue weighted by Crippen LogP contribution is -2.41. The predicted octanol–water partition coefficient (Wildman–Crippen LogP) is 2.82. The van der Waals surface area contributed by atoms with E-state index in [4.69, 9.17) is 11.6 Å². The van der Waals surface area contributed by atoms with Gasteiger partial charge in [0, 0.05) is 23.3 Å². The van der Waals surface area contributed by atoms with Crippen LogP contribution in [0.1, 0.15) is 31.2 Å². The number of aliphatic hydroxyl groups is 1. The Morgan fingerprint density at radius 2 is 2.14 bits per heavy atom. The Kier molecular flexibility index (Phi) is 6.03. The van der Waals surface area contributed by atoms with Crippen LogP contribution >= 0.6 is 11.6 Å². The molecule has 1 aromatic carbocycles. The zero-order valence-electron chi connectivity index (χ0n) is 12.4. The van der Waals surface area contributed by atoms with Crippen molar-refractivity contribution in [3.05, 3.63) is 28.8 Å². The minimum atomic E-state index is -0.0599. The van der Waals surface area contributed by atoms with E-state index in [1.807, 2.05) is 19.1 Å². The number of hydrogen-bond donors (Lipinski definition) is 2. The van der Waals surface area contributed by atoms with E-state index >= 15 is 0 Å². The second kappa shape index (κ2) is 7.78. The average molecular weight is 311 g/mol. The number of anilines is 1. The fourth-order valence-corrected chi connectivity index (χ4v) is 3.02. The largest absolute Gasteiger partial charge is 0.395 e. The Morgan fingerprint density at radius 3 is 2.76 bits per heavy atom. The van der Waals surface area contributed by atoms with Crippen molar-refractivity contribution >= 4 is 23.2 Å². The van der Waals surface area contributed by atoms with Crippen molar-refractivity contribution in [2.45, 2.75) is 38.6 Å². The van der Waals surface area contributed by atoms with Gasteiger partial charge < -0.3 is 10.4 Å². The lowest BCUT2D eigenvalue weighted by Gasteiger charge is -2.27. The predicted molar refractivity (Wildman–Crippen MR) is 85.7 cm³/mol. The lowest BCUT2D eigenvalue weighted by atomic mass is 10.2. The third-order valence-electron chi connectivity index (χ3n) is 4.03. The number of hydrogen-bond acceptors (Lipinski definition) is 3. The Morgan fingerprint density at radius 1 is 1.43 bits per heavy atom. The molecule has 1 fully saturated rings. The van der Waals surface area contributed by atoms with Crippen LogP contribution < -0.4 is 5.32 Å². The Hall–Kier alpha value is -1.10. The molecule has 2 rings (SSSR count). The van der Waals surface area contributed by atoms with Crippen molar-refractivity contribution in [3.63, 3.8) is 0 Å². The van der Waals surface area contributed by atoms with Gasteiger partial charge in [-0.3, -0.25) is 9.69 Å². The first-order valence-corrected chi connectivity index (χ1v) is 7.89. The smallest absolute Gasteiger partial charge is 0.238 e. The van der Waals surface area contributed by atoms with Crippen LogP contribution in [0.5, 0.6) is 0 Å². The molecule has 0 radical (unpaired) electrons. The van der Waals surface area contributed by atoms with Crippen molar-refractivity contribution < 1.29 is 9.90 Å². The van der Waals surface area contributed by atoms with E-state index in [-0.39, 0.29) is 12.5 Å². The van der Waals surface area contributed by atoms with Gasteiger partial charge >= 0.3 is 0 Å². The van der Waals surface area contributed by atoms with Crippen molar-refractivity contribution in [2.75, 3.05) is 25.0 Å². The van der Waals surface area contributed by atoms with Gasteiger partial charge in [-0.2, -0.15) is 0 Å². The number of rotatable bonds is 6. The van der Waals surface area contributed by atoms with Crippen molar-refractivity contribution in [3.8, 4) is 0 Å². The molecule has 116 valence electrons. The molecule has 1 amide bonds. The number of carbonyl (C=O) groups is 1. The summed E-state index contributed by atoms with van der Waals surface area (Å²) in [5.41, 5.74) is 1.70. The van der Waals surface area contributed by atoms with E-state index in [1.54, 1.807) is 6.07 Å². The highest BCUT2D eigenvalue weighted by Gasteiger charge is 2.23. The van der Waals surface area contributed by atoms with Crippen LogP contribution in [0.25, 0.3) is 0 Å². The maximum atomic E-state index is 12.2. The minimum absolute atomic E-state index is 0.0599. The van der Waals surface area contributed by atoms with E-state index in [2.05, 4.69) is 10.2 Å². The first kappa shape index (κ1) is 16.3. The maximum Gasteiger partial charge on any atom is 0.238 e. The minimum Gasteiger partial charge on any atom is -0.395 e. The third kappa shape index (κ3) is 4.70. The molecule has 0 aliphatic heterocycles. The number of nitrogens with zero attached hydrogens (tertiary/aromatic N) is 1. The average Bonchev–Trinajstić information content (AvgIpc) is 2.96. The van der Waals surface area contributed by atoms with Gasteiger partial charge in [-0.1, -0.05) is 30.5 Å². The van der Waals surface area contributed by atoms with Gasteiger partial charge in [0.25, 0.3) is 0 Å².